The summed E-state index contributed by atoms with van der Waals surface area (Å²) in [6, 6.07) is 12.4. The number of likely N-dealkylation sites (N-methyl/N-ethyl adjacent to an activating group) is 1. The number of hydrogen-bond donors (Lipinski definition) is 0. The molecule has 0 saturated carbocycles. The number of rotatable bonds is 4. The van der Waals surface area contributed by atoms with Crippen LogP contribution in [0.3, 0.4) is 0 Å². The first kappa shape index (κ1) is 20.1. The van der Waals surface area contributed by atoms with Crippen molar-refractivity contribution in [1.29, 1.82) is 0 Å². The van der Waals surface area contributed by atoms with Crippen molar-refractivity contribution in [2.24, 2.45) is 0 Å². The average molecular weight is 390 g/mol. The van der Waals surface area contributed by atoms with Gasteiger partial charge in [0.15, 0.2) is 0 Å². The molecule has 114 valence electrons. The van der Waals surface area contributed by atoms with Gasteiger partial charge in [0, 0.05) is 29.0 Å². The molecule has 0 unspecified atom stereocenters. The smallest absolute Gasteiger partial charge is 0.0346 e. The summed E-state index contributed by atoms with van der Waals surface area (Å²) < 4.78 is 1.09. The summed E-state index contributed by atoms with van der Waals surface area (Å²) in [6.45, 7) is 0.903. The van der Waals surface area contributed by atoms with Crippen LogP contribution >= 0.6 is 40.7 Å². The summed E-state index contributed by atoms with van der Waals surface area (Å²) in [7, 11) is 4.14. The van der Waals surface area contributed by atoms with Crippen molar-refractivity contribution in [3.8, 4) is 0 Å². The second-order valence-electron chi connectivity index (χ2n) is 4.63. The van der Waals surface area contributed by atoms with Gasteiger partial charge in [-0.15, -0.1) is 24.8 Å². The fourth-order valence-corrected chi connectivity index (χ4v) is 2.09. The standard InChI is InChI=1S/C16H17BrN2.2ClH/c1-19(2)11-9-16(14-4-3-10-18-12-14)13-5-7-15(17)8-6-13;;/h3-10,12H,11H2,1-2H3;2*1H. The molecule has 21 heavy (non-hydrogen) atoms. The van der Waals surface area contributed by atoms with Gasteiger partial charge in [-0.25, -0.2) is 0 Å². The minimum absolute atomic E-state index is 0. The summed E-state index contributed by atoms with van der Waals surface area (Å²) in [6.07, 6.45) is 5.94. The quantitative estimate of drug-likeness (QED) is 0.754. The third-order valence-electron chi connectivity index (χ3n) is 2.79. The van der Waals surface area contributed by atoms with E-state index in [9.17, 15) is 0 Å². The molecule has 0 amide bonds. The molecule has 0 fully saturated rings. The molecule has 0 aliphatic rings. The summed E-state index contributed by atoms with van der Waals surface area (Å²) >= 11 is 3.47. The average Bonchev–Trinajstić information content (AvgIpc) is 2.42. The summed E-state index contributed by atoms with van der Waals surface area (Å²) in [5.74, 6) is 0. The lowest BCUT2D eigenvalue weighted by Gasteiger charge is -2.11. The van der Waals surface area contributed by atoms with E-state index < -0.39 is 0 Å². The van der Waals surface area contributed by atoms with Crippen LogP contribution in [0.25, 0.3) is 5.57 Å². The van der Waals surface area contributed by atoms with Crippen LogP contribution in [0.4, 0.5) is 0 Å². The zero-order valence-corrected chi connectivity index (χ0v) is 15.2. The molecule has 0 radical (unpaired) electrons. The normalized spacial score (nSPS) is 10.8. The zero-order valence-electron chi connectivity index (χ0n) is 12.0. The first-order valence-electron chi connectivity index (χ1n) is 6.18. The van der Waals surface area contributed by atoms with Crippen LogP contribution in [-0.4, -0.2) is 30.5 Å². The van der Waals surface area contributed by atoms with E-state index >= 15 is 0 Å². The Morgan fingerprint density at radius 2 is 1.76 bits per heavy atom. The number of benzene rings is 1. The summed E-state index contributed by atoms with van der Waals surface area (Å²) in [5.41, 5.74) is 3.57. The van der Waals surface area contributed by atoms with Gasteiger partial charge in [-0.05, 0) is 43.4 Å². The molecule has 0 N–H and O–H groups in total. The van der Waals surface area contributed by atoms with Crippen molar-refractivity contribution in [2.75, 3.05) is 20.6 Å². The van der Waals surface area contributed by atoms with E-state index in [1.165, 1.54) is 11.1 Å². The Kier molecular flexibility index (Phi) is 9.54. The molecule has 1 aromatic heterocycles. The van der Waals surface area contributed by atoms with Crippen LogP contribution in [0, 0.1) is 0 Å². The van der Waals surface area contributed by atoms with E-state index in [0.717, 1.165) is 16.6 Å². The monoisotopic (exact) mass is 388 g/mol. The Morgan fingerprint density at radius 1 is 1.10 bits per heavy atom. The van der Waals surface area contributed by atoms with Crippen LogP contribution in [-0.2, 0) is 0 Å². The van der Waals surface area contributed by atoms with E-state index in [1.807, 2.05) is 12.3 Å². The van der Waals surface area contributed by atoms with E-state index in [0.29, 0.717) is 0 Å². The summed E-state index contributed by atoms with van der Waals surface area (Å²) in [5, 5.41) is 0. The molecule has 0 aliphatic carbocycles. The third-order valence-corrected chi connectivity index (χ3v) is 3.32. The highest BCUT2D eigenvalue weighted by atomic mass is 79.9. The summed E-state index contributed by atoms with van der Waals surface area (Å²) in [4.78, 5) is 6.36. The molecule has 2 nitrogen and oxygen atoms in total. The number of pyridine rings is 1. The van der Waals surface area contributed by atoms with Crippen LogP contribution in [0.5, 0.6) is 0 Å². The van der Waals surface area contributed by atoms with Gasteiger partial charge in [0.1, 0.15) is 0 Å². The number of hydrogen-bond acceptors (Lipinski definition) is 2. The second-order valence-corrected chi connectivity index (χ2v) is 5.54. The van der Waals surface area contributed by atoms with Gasteiger partial charge in [0.25, 0.3) is 0 Å². The fourth-order valence-electron chi connectivity index (χ4n) is 1.83. The first-order valence-corrected chi connectivity index (χ1v) is 6.97. The molecule has 0 bridgehead atoms. The lowest BCUT2D eigenvalue weighted by molar-refractivity contribution is 0.457. The Labute approximate surface area is 147 Å². The molecule has 0 saturated heterocycles. The van der Waals surface area contributed by atoms with Crippen LogP contribution in [0.1, 0.15) is 11.1 Å². The molecule has 1 aromatic carbocycles. The molecule has 2 aromatic rings. The minimum Gasteiger partial charge on any atom is -0.306 e. The van der Waals surface area contributed by atoms with Gasteiger partial charge in [0.2, 0.25) is 0 Å². The number of nitrogens with zero attached hydrogens (tertiary/aromatic N) is 2. The first-order chi connectivity index (χ1) is 9.16. The maximum Gasteiger partial charge on any atom is 0.0346 e. The van der Waals surface area contributed by atoms with E-state index in [-0.39, 0.29) is 24.8 Å². The zero-order chi connectivity index (χ0) is 13.7. The van der Waals surface area contributed by atoms with Gasteiger partial charge < -0.3 is 4.90 Å². The molecular formula is C16H19BrCl2N2. The maximum absolute atomic E-state index is 4.21. The lowest BCUT2D eigenvalue weighted by atomic mass is 9.99. The van der Waals surface area contributed by atoms with Crippen molar-refractivity contribution in [3.63, 3.8) is 0 Å². The van der Waals surface area contributed by atoms with E-state index in [2.05, 4.69) is 76.3 Å². The van der Waals surface area contributed by atoms with Crippen molar-refractivity contribution in [1.82, 2.24) is 9.88 Å². The predicted octanol–water partition coefficient (Wildman–Crippen LogP) is 4.68. The van der Waals surface area contributed by atoms with Crippen molar-refractivity contribution >= 4 is 46.3 Å². The van der Waals surface area contributed by atoms with Crippen molar-refractivity contribution in [3.05, 3.63) is 70.5 Å². The molecule has 1 heterocycles. The van der Waals surface area contributed by atoms with Gasteiger partial charge >= 0.3 is 0 Å². The molecule has 2 rings (SSSR count). The Balaban J connectivity index is 0.00000200. The van der Waals surface area contributed by atoms with Gasteiger partial charge in [-0.2, -0.15) is 0 Å². The fraction of sp³-hybridized carbons (Fsp3) is 0.188. The van der Waals surface area contributed by atoms with Gasteiger partial charge in [-0.1, -0.05) is 40.2 Å². The van der Waals surface area contributed by atoms with Crippen LogP contribution in [0.15, 0.2) is 59.3 Å². The van der Waals surface area contributed by atoms with Crippen molar-refractivity contribution < 1.29 is 0 Å². The van der Waals surface area contributed by atoms with Crippen LogP contribution in [0.2, 0.25) is 0 Å². The molecular weight excluding hydrogens is 371 g/mol. The van der Waals surface area contributed by atoms with Gasteiger partial charge in [0.05, 0.1) is 0 Å². The maximum atomic E-state index is 4.21. The number of aromatic nitrogens is 1. The second kappa shape index (κ2) is 9.96. The minimum atomic E-state index is 0. The van der Waals surface area contributed by atoms with Gasteiger partial charge in [-0.3, -0.25) is 4.98 Å². The highest BCUT2D eigenvalue weighted by Gasteiger charge is 2.05. The number of halogens is 3. The molecule has 0 atom stereocenters. The topological polar surface area (TPSA) is 16.1 Å². The highest BCUT2D eigenvalue weighted by molar-refractivity contribution is 9.10. The van der Waals surface area contributed by atoms with Crippen molar-refractivity contribution in [2.45, 2.75) is 0 Å². The van der Waals surface area contributed by atoms with E-state index in [1.54, 1.807) is 6.20 Å². The largest absolute Gasteiger partial charge is 0.306 e. The molecule has 5 heteroatoms. The third kappa shape index (κ3) is 6.18. The lowest BCUT2D eigenvalue weighted by Crippen LogP contribution is -2.11. The highest BCUT2D eigenvalue weighted by Crippen LogP contribution is 2.24. The Hall–Kier alpha value is -0.870. The molecule has 0 spiro atoms. The molecule has 0 aliphatic heterocycles. The Morgan fingerprint density at radius 3 is 2.29 bits per heavy atom. The van der Waals surface area contributed by atoms with Crippen LogP contribution < -0.4 is 0 Å². The van der Waals surface area contributed by atoms with E-state index in [4.69, 9.17) is 0 Å². The SMILES string of the molecule is CN(C)CC=C(c1ccc(Br)cc1)c1cccnc1.Cl.Cl. The predicted molar refractivity (Wildman–Crippen MR) is 98.5 cm³/mol. The Bertz CT molecular complexity index is 554.